The van der Waals surface area contributed by atoms with Crippen LogP contribution in [0.2, 0.25) is 0 Å². The van der Waals surface area contributed by atoms with Crippen molar-refractivity contribution in [2.24, 2.45) is 0 Å². The van der Waals surface area contributed by atoms with Crippen molar-refractivity contribution in [2.75, 3.05) is 13.2 Å². The summed E-state index contributed by atoms with van der Waals surface area (Å²) in [5.74, 6) is -0.362. The molecule has 0 bridgehead atoms. The predicted molar refractivity (Wildman–Crippen MR) is 142 cm³/mol. The SMILES string of the molecule is O=C1CCC(N2Cc3cc(OC[C@H]4CCCCN4C(=O)c4cccc(Cn5cncn5)c4)ccc3C2=O)C(=O)N1. The summed E-state index contributed by atoms with van der Waals surface area (Å²) in [4.78, 5) is 57.7. The molecule has 4 amide bonds. The van der Waals surface area contributed by atoms with Crippen LogP contribution in [0.15, 0.2) is 55.1 Å². The smallest absolute Gasteiger partial charge is 0.255 e. The molecule has 0 aliphatic carbocycles. The number of fused-ring (bicyclic) bond motifs is 1. The van der Waals surface area contributed by atoms with Gasteiger partial charge in [-0.15, -0.1) is 0 Å². The lowest BCUT2D eigenvalue weighted by atomic mass is 10.0. The summed E-state index contributed by atoms with van der Waals surface area (Å²) in [6, 6.07) is 12.2. The number of carbonyl (C=O) groups excluding carboxylic acids is 4. The summed E-state index contributed by atoms with van der Waals surface area (Å²) in [5.41, 5.74) is 2.93. The van der Waals surface area contributed by atoms with Crippen LogP contribution in [0, 0.1) is 0 Å². The number of rotatable bonds is 7. The topological polar surface area (TPSA) is 127 Å². The second kappa shape index (κ2) is 10.9. The van der Waals surface area contributed by atoms with E-state index in [1.807, 2.05) is 35.2 Å². The average Bonchev–Trinajstić information content (AvgIpc) is 3.59. The monoisotopic (exact) mass is 542 g/mol. The van der Waals surface area contributed by atoms with Crippen LogP contribution in [0.1, 0.15) is 63.9 Å². The Hall–Kier alpha value is -4.54. The zero-order valence-corrected chi connectivity index (χ0v) is 22.0. The van der Waals surface area contributed by atoms with E-state index in [-0.39, 0.29) is 36.7 Å². The third-order valence-corrected chi connectivity index (χ3v) is 7.81. The minimum atomic E-state index is -0.654. The minimum absolute atomic E-state index is 0.0202. The lowest BCUT2D eigenvalue weighted by Crippen LogP contribution is -2.52. The van der Waals surface area contributed by atoms with Crippen molar-refractivity contribution in [1.82, 2.24) is 29.9 Å². The molecular weight excluding hydrogens is 512 g/mol. The van der Waals surface area contributed by atoms with Crippen LogP contribution in [-0.2, 0) is 22.7 Å². The highest BCUT2D eigenvalue weighted by molar-refractivity contribution is 6.05. The first-order valence-corrected chi connectivity index (χ1v) is 13.6. The lowest BCUT2D eigenvalue weighted by molar-refractivity contribution is -0.136. The zero-order valence-electron chi connectivity index (χ0n) is 22.0. The Kier molecular flexibility index (Phi) is 7.02. The highest BCUT2D eigenvalue weighted by atomic mass is 16.5. The Morgan fingerprint density at radius 1 is 1.07 bits per heavy atom. The predicted octanol–water partition coefficient (Wildman–Crippen LogP) is 2.16. The molecule has 11 nitrogen and oxygen atoms in total. The van der Waals surface area contributed by atoms with Gasteiger partial charge in [0.2, 0.25) is 11.8 Å². The van der Waals surface area contributed by atoms with E-state index in [0.717, 1.165) is 30.4 Å². The normalized spacial score (nSPS) is 20.9. The van der Waals surface area contributed by atoms with Crippen LogP contribution in [-0.4, -0.2) is 73.4 Å². The fraction of sp³-hybridized carbons (Fsp3) is 0.379. The number of nitrogens with one attached hydrogen (secondary N) is 1. The summed E-state index contributed by atoms with van der Waals surface area (Å²) in [6.45, 7) is 1.83. The second-order valence-corrected chi connectivity index (χ2v) is 10.5. The first kappa shape index (κ1) is 25.7. The number of hydrogen-bond acceptors (Lipinski definition) is 7. The zero-order chi connectivity index (χ0) is 27.6. The quantitative estimate of drug-likeness (QED) is 0.454. The standard InChI is InChI=1S/C29H30N6O5/c36-26-10-9-25(27(37)32-26)35-15-21-13-23(7-8-24(21)29(35)39)40-16-22-6-1-2-11-34(22)28(38)20-5-3-4-19(12-20)14-33-18-30-17-31-33/h3-5,7-8,12-13,17-18,22,25H,1-2,6,9-11,14-16H2,(H,32,36,37)/t22-,25?/m1/s1. The first-order chi connectivity index (χ1) is 19.5. The summed E-state index contributed by atoms with van der Waals surface area (Å²) in [7, 11) is 0. The Bertz CT molecular complexity index is 1450. The number of aromatic nitrogens is 3. The maximum Gasteiger partial charge on any atom is 0.255 e. The molecule has 0 saturated carbocycles. The molecule has 0 spiro atoms. The lowest BCUT2D eigenvalue weighted by Gasteiger charge is -2.35. The van der Waals surface area contributed by atoms with E-state index in [1.54, 1.807) is 23.1 Å². The van der Waals surface area contributed by atoms with Gasteiger partial charge in [-0.05, 0) is 67.1 Å². The molecule has 1 N–H and O–H groups in total. The number of hydrogen-bond donors (Lipinski definition) is 1. The molecule has 3 aliphatic heterocycles. The molecule has 2 saturated heterocycles. The van der Waals surface area contributed by atoms with Crippen LogP contribution < -0.4 is 10.1 Å². The van der Waals surface area contributed by atoms with E-state index < -0.39 is 11.9 Å². The molecule has 40 heavy (non-hydrogen) atoms. The van der Waals surface area contributed by atoms with Crippen molar-refractivity contribution in [1.29, 1.82) is 0 Å². The first-order valence-electron chi connectivity index (χ1n) is 13.6. The summed E-state index contributed by atoms with van der Waals surface area (Å²) >= 11 is 0. The van der Waals surface area contributed by atoms with E-state index in [9.17, 15) is 19.2 Å². The molecule has 2 atom stereocenters. The van der Waals surface area contributed by atoms with Crippen molar-refractivity contribution in [3.8, 4) is 5.75 Å². The fourth-order valence-corrected chi connectivity index (χ4v) is 5.74. The van der Waals surface area contributed by atoms with Gasteiger partial charge < -0.3 is 14.5 Å². The molecule has 11 heteroatoms. The Morgan fingerprint density at radius 3 is 2.80 bits per heavy atom. The van der Waals surface area contributed by atoms with Gasteiger partial charge in [0.1, 0.15) is 31.1 Å². The van der Waals surface area contributed by atoms with E-state index >= 15 is 0 Å². The van der Waals surface area contributed by atoms with Crippen LogP contribution >= 0.6 is 0 Å². The van der Waals surface area contributed by atoms with E-state index in [2.05, 4.69) is 15.4 Å². The highest BCUT2D eigenvalue weighted by Crippen LogP contribution is 2.31. The van der Waals surface area contributed by atoms with Gasteiger partial charge in [0, 0.05) is 30.6 Å². The summed E-state index contributed by atoms with van der Waals surface area (Å²) in [5, 5.41) is 6.47. The number of ether oxygens (including phenoxy) is 1. The molecule has 3 aliphatic rings. The summed E-state index contributed by atoms with van der Waals surface area (Å²) in [6.07, 6.45) is 6.48. The molecule has 3 aromatic rings. The number of amides is 4. The fourth-order valence-electron chi connectivity index (χ4n) is 5.74. The third kappa shape index (κ3) is 5.18. The summed E-state index contributed by atoms with van der Waals surface area (Å²) < 4.78 is 7.88. The van der Waals surface area contributed by atoms with Crippen LogP contribution in [0.25, 0.3) is 0 Å². The highest BCUT2D eigenvalue weighted by Gasteiger charge is 2.39. The largest absolute Gasteiger partial charge is 0.491 e. The van der Waals surface area contributed by atoms with Gasteiger partial charge in [0.15, 0.2) is 0 Å². The third-order valence-electron chi connectivity index (χ3n) is 7.81. The number of benzene rings is 2. The van der Waals surface area contributed by atoms with E-state index in [1.165, 1.54) is 11.2 Å². The Morgan fingerprint density at radius 2 is 1.98 bits per heavy atom. The van der Waals surface area contributed by atoms with Crippen LogP contribution in [0.3, 0.4) is 0 Å². The number of carbonyl (C=O) groups is 4. The number of piperidine rings is 2. The number of imide groups is 1. The van der Waals surface area contributed by atoms with Crippen LogP contribution in [0.5, 0.6) is 5.75 Å². The Labute approximate surface area is 231 Å². The molecule has 0 radical (unpaired) electrons. The van der Waals surface area contributed by atoms with E-state index in [4.69, 9.17) is 4.74 Å². The minimum Gasteiger partial charge on any atom is -0.491 e. The van der Waals surface area contributed by atoms with Crippen molar-refractivity contribution < 1.29 is 23.9 Å². The average molecular weight is 543 g/mol. The van der Waals surface area contributed by atoms with E-state index in [0.29, 0.717) is 43.0 Å². The van der Waals surface area contributed by atoms with Gasteiger partial charge >= 0.3 is 0 Å². The van der Waals surface area contributed by atoms with Gasteiger partial charge in [-0.1, -0.05) is 12.1 Å². The van der Waals surface area contributed by atoms with Crippen molar-refractivity contribution in [3.63, 3.8) is 0 Å². The maximum atomic E-state index is 13.5. The molecule has 2 fully saturated rings. The second-order valence-electron chi connectivity index (χ2n) is 10.5. The molecule has 4 heterocycles. The molecule has 2 aromatic carbocycles. The van der Waals surface area contributed by atoms with Crippen molar-refractivity contribution in [3.05, 3.63) is 77.4 Å². The Balaban J connectivity index is 1.11. The molecule has 1 unspecified atom stereocenters. The van der Waals surface area contributed by atoms with Gasteiger partial charge in [-0.2, -0.15) is 5.10 Å². The maximum absolute atomic E-state index is 13.5. The van der Waals surface area contributed by atoms with Crippen molar-refractivity contribution >= 4 is 23.6 Å². The molecular formula is C29H30N6O5. The molecule has 206 valence electrons. The van der Waals surface area contributed by atoms with Gasteiger partial charge in [-0.25, -0.2) is 9.67 Å². The molecule has 1 aromatic heterocycles. The molecule has 6 rings (SSSR count). The van der Waals surface area contributed by atoms with Gasteiger partial charge in [0.25, 0.3) is 11.8 Å². The van der Waals surface area contributed by atoms with Gasteiger partial charge in [0.05, 0.1) is 12.6 Å². The number of nitrogens with zero attached hydrogens (tertiary/aromatic N) is 5. The van der Waals surface area contributed by atoms with Gasteiger partial charge in [-0.3, -0.25) is 24.5 Å². The number of likely N-dealkylation sites (tertiary alicyclic amines) is 1. The van der Waals surface area contributed by atoms with Crippen LogP contribution in [0.4, 0.5) is 0 Å². The van der Waals surface area contributed by atoms with Crippen molar-refractivity contribution in [2.45, 2.75) is 57.3 Å².